The molecule has 0 atom stereocenters. The minimum atomic E-state index is 0.574. The Labute approximate surface area is 363 Å². The number of benzene rings is 10. The SMILES string of the molecule is c1ccc2cc(-c3nc(-c4cccc5c4sc4ccccc45)nc(-c4c(-n5c6ccccc6c6cc7ccccc7cc65)ccc5oc6cc7ccccc7cc6c45)n3)ccc2c1. The lowest BCUT2D eigenvalue weighted by molar-refractivity contribution is 0.669. The largest absolute Gasteiger partial charge is 0.456 e. The lowest BCUT2D eigenvalue weighted by Crippen LogP contribution is -2.04. The number of hydrogen-bond donors (Lipinski definition) is 0. The predicted molar refractivity (Wildman–Crippen MR) is 263 cm³/mol. The van der Waals surface area contributed by atoms with Crippen molar-refractivity contribution in [2.45, 2.75) is 0 Å². The van der Waals surface area contributed by atoms with E-state index >= 15 is 0 Å². The predicted octanol–water partition coefficient (Wildman–Crippen LogP) is 15.7. The second kappa shape index (κ2) is 13.2. The summed E-state index contributed by atoms with van der Waals surface area (Å²) >= 11 is 1.78. The molecule has 0 spiro atoms. The maximum absolute atomic E-state index is 6.82. The first kappa shape index (κ1) is 34.5. The van der Waals surface area contributed by atoms with Gasteiger partial charge in [-0.1, -0.05) is 133 Å². The van der Waals surface area contributed by atoms with Gasteiger partial charge in [0.05, 0.1) is 22.3 Å². The van der Waals surface area contributed by atoms with Crippen molar-refractivity contribution in [3.05, 3.63) is 194 Å². The van der Waals surface area contributed by atoms with Crippen molar-refractivity contribution in [1.82, 2.24) is 19.5 Å². The van der Waals surface area contributed by atoms with Crippen molar-refractivity contribution in [2.75, 3.05) is 0 Å². The first-order valence-corrected chi connectivity index (χ1v) is 22.0. The first-order chi connectivity index (χ1) is 31.2. The highest BCUT2D eigenvalue weighted by Gasteiger charge is 2.26. The summed E-state index contributed by atoms with van der Waals surface area (Å²) in [7, 11) is 0. The Hall–Kier alpha value is -8.19. The van der Waals surface area contributed by atoms with Crippen LogP contribution in [0.4, 0.5) is 0 Å². The van der Waals surface area contributed by atoms with Gasteiger partial charge in [-0.25, -0.2) is 15.0 Å². The maximum Gasteiger partial charge on any atom is 0.166 e. The van der Waals surface area contributed by atoms with Gasteiger partial charge in [-0.05, 0) is 93.0 Å². The van der Waals surface area contributed by atoms with E-state index in [4.69, 9.17) is 19.4 Å². The number of fused-ring (bicyclic) bond motifs is 12. The van der Waals surface area contributed by atoms with Gasteiger partial charge in [-0.15, -0.1) is 11.3 Å². The van der Waals surface area contributed by atoms with Crippen LogP contribution in [0, 0.1) is 0 Å². The van der Waals surface area contributed by atoms with Crippen LogP contribution in [0.5, 0.6) is 0 Å². The zero-order chi connectivity index (χ0) is 41.2. The average molecular weight is 821 g/mol. The van der Waals surface area contributed by atoms with E-state index in [0.29, 0.717) is 17.5 Å². The average Bonchev–Trinajstić information content (AvgIpc) is 4.01. The number of hydrogen-bond acceptors (Lipinski definition) is 5. The fourth-order valence-electron chi connectivity index (χ4n) is 9.86. The Kier molecular flexibility index (Phi) is 7.21. The van der Waals surface area contributed by atoms with Crippen LogP contribution in [-0.4, -0.2) is 19.5 Å². The van der Waals surface area contributed by atoms with Crippen LogP contribution in [0.25, 0.3) is 136 Å². The summed E-state index contributed by atoms with van der Waals surface area (Å²) in [4.78, 5) is 16.5. The number of aromatic nitrogens is 4. The normalized spacial score (nSPS) is 12.1. The monoisotopic (exact) mass is 820 g/mol. The van der Waals surface area contributed by atoms with Crippen LogP contribution in [0.1, 0.15) is 0 Å². The number of para-hydroxylation sites is 1. The highest BCUT2D eigenvalue weighted by molar-refractivity contribution is 7.26. The molecule has 0 aliphatic carbocycles. The molecule has 0 unspecified atom stereocenters. The van der Waals surface area contributed by atoms with Crippen molar-refractivity contribution in [3.8, 4) is 39.9 Å². The quantitative estimate of drug-likeness (QED) is 0.177. The molecular formula is C57H32N4OS. The molecular weight excluding hydrogens is 789 g/mol. The molecule has 5 nitrogen and oxygen atoms in total. The van der Waals surface area contributed by atoms with Gasteiger partial charge in [-0.3, -0.25) is 0 Å². The van der Waals surface area contributed by atoms with E-state index in [-0.39, 0.29) is 0 Å². The zero-order valence-corrected chi connectivity index (χ0v) is 34.4. The highest BCUT2D eigenvalue weighted by Crippen LogP contribution is 2.45. The van der Waals surface area contributed by atoms with Crippen LogP contribution < -0.4 is 0 Å². The highest BCUT2D eigenvalue weighted by atomic mass is 32.1. The standard InChI is InChI=1S/C57H32N4OS/c1-2-13-34-28-39(25-24-33(34)12-1)55-58-56(43-21-11-20-42-41-19-8-10-23-51(41)63-54(42)43)60-57(59-55)53-47(26-27-49-52(53)45-30-36-15-4-6-17-38(36)32-50(45)62-49)61-46-22-9-7-18-40(46)44-29-35-14-3-5-16-37(35)31-48(44)61/h1-32H. The van der Waals surface area contributed by atoms with Gasteiger partial charge in [0.2, 0.25) is 0 Å². The molecule has 0 saturated carbocycles. The summed E-state index contributed by atoms with van der Waals surface area (Å²) in [5.74, 6) is 1.80. The van der Waals surface area contributed by atoms with Gasteiger partial charge >= 0.3 is 0 Å². The zero-order valence-electron chi connectivity index (χ0n) is 33.6. The van der Waals surface area contributed by atoms with Gasteiger partial charge in [0.1, 0.15) is 11.2 Å². The molecule has 63 heavy (non-hydrogen) atoms. The topological polar surface area (TPSA) is 56.7 Å². The molecule has 0 radical (unpaired) electrons. The second-order valence-corrected chi connectivity index (χ2v) is 17.4. The Balaban J connectivity index is 1.15. The van der Waals surface area contributed by atoms with E-state index in [1.807, 2.05) is 0 Å². The third kappa shape index (κ3) is 5.19. The third-order valence-electron chi connectivity index (χ3n) is 12.8. The molecule has 0 fully saturated rings. The van der Waals surface area contributed by atoms with Gasteiger partial charge < -0.3 is 8.98 Å². The van der Waals surface area contributed by atoms with Gasteiger partial charge in [0.25, 0.3) is 0 Å². The minimum absolute atomic E-state index is 0.574. The first-order valence-electron chi connectivity index (χ1n) is 21.2. The van der Waals surface area contributed by atoms with Crippen molar-refractivity contribution in [3.63, 3.8) is 0 Å². The van der Waals surface area contributed by atoms with E-state index in [0.717, 1.165) is 81.6 Å². The van der Waals surface area contributed by atoms with E-state index < -0.39 is 0 Å². The van der Waals surface area contributed by atoms with Crippen LogP contribution in [0.15, 0.2) is 199 Å². The summed E-state index contributed by atoms with van der Waals surface area (Å²) in [5.41, 5.74) is 7.52. The van der Waals surface area contributed by atoms with Crippen LogP contribution in [-0.2, 0) is 0 Å². The number of furan rings is 1. The maximum atomic E-state index is 6.82. The van der Waals surface area contributed by atoms with Crippen molar-refractivity contribution in [1.29, 1.82) is 0 Å². The van der Waals surface area contributed by atoms with Crippen molar-refractivity contribution >= 4 is 108 Å². The molecule has 0 N–H and O–H groups in total. The van der Waals surface area contributed by atoms with Crippen LogP contribution in [0.2, 0.25) is 0 Å². The fourth-order valence-corrected chi connectivity index (χ4v) is 11.1. The number of thiophene rings is 1. The molecule has 4 heterocycles. The molecule has 14 aromatic rings. The second-order valence-electron chi connectivity index (χ2n) is 16.3. The molecule has 0 saturated heterocycles. The lowest BCUT2D eigenvalue weighted by Gasteiger charge is -2.16. The van der Waals surface area contributed by atoms with E-state index in [2.05, 4.69) is 199 Å². The summed E-state index contributed by atoms with van der Waals surface area (Å²) in [5, 5.41) is 13.7. The molecule has 10 aromatic carbocycles. The summed E-state index contributed by atoms with van der Waals surface area (Å²) < 4.78 is 11.6. The van der Waals surface area contributed by atoms with Crippen molar-refractivity contribution < 1.29 is 4.42 Å². The number of nitrogens with zero attached hydrogens (tertiary/aromatic N) is 4. The number of rotatable bonds is 4. The van der Waals surface area contributed by atoms with Gasteiger partial charge in [0, 0.05) is 52.8 Å². The van der Waals surface area contributed by atoms with Crippen LogP contribution >= 0.6 is 11.3 Å². The molecule has 14 rings (SSSR count). The lowest BCUT2D eigenvalue weighted by atomic mass is 10.0. The molecule has 0 aliphatic rings. The Morgan fingerprint density at radius 3 is 1.86 bits per heavy atom. The third-order valence-corrected chi connectivity index (χ3v) is 14.0. The van der Waals surface area contributed by atoms with E-state index in [1.165, 1.54) is 37.0 Å². The molecule has 0 amide bonds. The van der Waals surface area contributed by atoms with Crippen LogP contribution in [0.3, 0.4) is 0 Å². The smallest absolute Gasteiger partial charge is 0.166 e. The molecule has 6 heteroatoms. The van der Waals surface area contributed by atoms with Crippen molar-refractivity contribution in [2.24, 2.45) is 0 Å². The molecule has 0 aliphatic heterocycles. The van der Waals surface area contributed by atoms with E-state index in [1.54, 1.807) is 11.3 Å². The van der Waals surface area contributed by atoms with E-state index in [9.17, 15) is 0 Å². The molecule has 292 valence electrons. The summed E-state index contributed by atoms with van der Waals surface area (Å²) in [6.45, 7) is 0. The van der Waals surface area contributed by atoms with Gasteiger partial charge in [-0.2, -0.15) is 0 Å². The summed E-state index contributed by atoms with van der Waals surface area (Å²) in [6.07, 6.45) is 0. The fraction of sp³-hybridized carbons (Fsp3) is 0. The molecule has 4 aromatic heterocycles. The Bertz CT molecular complexity index is 4230. The Morgan fingerprint density at radius 1 is 0.397 bits per heavy atom. The summed E-state index contributed by atoms with van der Waals surface area (Å²) in [6, 6.07) is 69.1. The Morgan fingerprint density at radius 2 is 1.03 bits per heavy atom. The van der Waals surface area contributed by atoms with Gasteiger partial charge in [0.15, 0.2) is 17.5 Å². The minimum Gasteiger partial charge on any atom is -0.456 e. The molecule has 0 bridgehead atoms.